The maximum atomic E-state index is 13.7. The summed E-state index contributed by atoms with van der Waals surface area (Å²) >= 11 is 7.60. The van der Waals surface area contributed by atoms with Gasteiger partial charge in [-0.1, -0.05) is 23.7 Å². The second kappa shape index (κ2) is 10.1. The van der Waals surface area contributed by atoms with Crippen molar-refractivity contribution >= 4 is 29.4 Å². The maximum Gasteiger partial charge on any atom is 0.314 e. The van der Waals surface area contributed by atoms with Crippen molar-refractivity contribution in [2.45, 2.75) is 13.0 Å². The lowest BCUT2D eigenvalue weighted by Gasteiger charge is -2.35. The normalized spacial score (nSPS) is 15.4. The van der Waals surface area contributed by atoms with Gasteiger partial charge in [0, 0.05) is 43.9 Å². The van der Waals surface area contributed by atoms with Gasteiger partial charge in [-0.3, -0.25) is 4.31 Å². The molecule has 0 N–H and O–H groups in total. The first-order valence-corrected chi connectivity index (χ1v) is 11.0. The van der Waals surface area contributed by atoms with E-state index in [1.54, 1.807) is 36.4 Å². The standard InChI is InChI=1S/C21H21ClF3N5OS/c1-28-8-10-29(11-9-28)32-30(16-6-7-18(23)17(22)12-16)13-14-2-4-15(5-3-14)20-26-27-21(31-20)19(24)25/h2-7,12,19H,8-11,13H2,1H3. The highest BCUT2D eigenvalue weighted by atomic mass is 35.5. The van der Waals surface area contributed by atoms with Gasteiger partial charge in [0.25, 0.3) is 5.89 Å². The van der Waals surface area contributed by atoms with Crippen LogP contribution in [-0.4, -0.2) is 52.6 Å². The van der Waals surface area contributed by atoms with Crippen molar-refractivity contribution in [2.75, 3.05) is 37.5 Å². The zero-order chi connectivity index (χ0) is 22.7. The zero-order valence-electron chi connectivity index (χ0n) is 17.2. The van der Waals surface area contributed by atoms with Crippen LogP contribution in [0.4, 0.5) is 18.9 Å². The zero-order valence-corrected chi connectivity index (χ0v) is 18.8. The van der Waals surface area contributed by atoms with Crippen molar-refractivity contribution in [2.24, 2.45) is 0 Å². The molecule has 3 aromatic rings. The number of piperazine rings is 1. The SMILES string of the molecule is CN1CCN(SN(Cc2ccc(-c3nnc(C(F)F)o3)cc2)c2ccc(F)c(Cl)c2)CC1. The molecule has 170 valence electrons. The van der Waals surface area contributed by atoms with Crippen LogP contribution in [0.1, 0.15) is 17.9 Å². The van der Waals surface area contributed by atoms with E-state index >= 15 is 0 Å². The van der Waals surface area contributed by atoms with Crippen LogP contribution in [0.2, 0.25) is 5.02 Å². The van der Waals surface area contributed by atoms with E-state index in [4.69, 9.17) is 16.0 Å². The Morgan fingerprint density at radius 1 is 1.09 bits per heavy atom. The minimum absolute atomic E-state index is 0.0424. The van der Waals surface area contributed by atoms with Crippen molar-refractivity contribution in [3.05, 3.63) is 64.8 Å². The number of alkyl halides is 2. The molecule has 0 bridgehead atoms. The molecule has 0 aliphatic carbocycles. The molecule has 0 amide bonds. The molecule has 0 atom stereocenters. The molecule has 1 aliphatic heterocycles. The molecule has 0 radical (unpaired) electrons. The van der Waals surface area contributed by atoms with E-state index in [0.29, 0.717) is 12.1 Å². The van der Waals surface area contributed by atoms with Gasteiger partial charge in [-0.05, 0) is 42.9 Å². The second-order valence-electron chi connectivity index (χ2n) is 7.39. The predicted octanol–water partition coefficient (Wildman–Crippen LogP) is 5.28. The lowest BCUT2D eigenvalue weighted by Crippen LogP contribution is -2.42. The number of hydrogen-bond acceptors (Lipinski definition) is 7. The van der Waals surface area contributed by atoms with Crippen LogP contribution in [-0.2, 0) is 6.54 Å². The molecule has 2 aromatic carbocycles. The molecular weight excluding hydrogens is 463 g/mol. The molecule has 11 heteroatoms. The first kappa shape index (κ1) is 22.9. The number of hydrogen-bond donors (Lipinski definition) is 0. The molecular formula is C21H21ClF3N5OS. The van der Waals surface area contributed by atoms with E-state index in [0.717, 1.165) is 37.4 Å². The number of rotatable bonds is 7. The Morgan fingerprint density at radius 2 is 1.81 bits per heavy atom. The minimum Gasteiger partial charge on any atom is -0.415 e. The summed E-state index contributed by atoms with van der Waals surface area (Å²) in [7, 11) is 2.09. The molecule has 1 aliphatic rings. The van der Waals surface area contributed by atoms with Gasteiger partial charge in [0.05, 0.1) is 17.3 Å². The lowest BCUT2D eigenvalue weighted by atomic mass is 10.1. The van der Waals surface area contributed by atoms with Crippen molar-refractivity contribution < 1.29 is 17.6 Å². The summed E-state index contributed by atoms with van der Waals surface area (Å²) in [6, 6.07) is 11.9. The fourth-order valence-corrected chi connectivity index (χ4v) is 4.37. The molecule has 0 spiro atoms. The van der Waals surface area contributed by atoms with E-state index in [9.17, 15) is 13.2 Å². The molecule has 6 nitrogen and oxygen atoms in total. The number of likely N-dealkylation sites (N-methyl/N-ethyl adjacent to an activating group) is 1. The minimum atomic E-state index is -2.81. The van der Waals surface area contributed by atoms with E-state index < -0.39 is 18.1 Å². The predicted molar refractivity (Wildman–Crippen MR) is 119 cm³/mol. The van der Waals surface area contributed by atoms with Gasteiger partial charge in [0.1, 0.15) is 5.82 Å². The topological polar surface area (TPSA) is 48.6 Å². The Balaban J connectivity index is 1.52. The number of anilines is 1. The molecule has 0 unspecified atom stereocenters. The Hall–Kier alpha value is -2.27. The van der Waals surface area contributed by atoms with Crippen LogP contribution in [0.15, 0.2) is 46.9 Å². The van der Waals surface area contributed by atoms with Crippen LogP contribution in [0, 0.1) is 5.82 Å². The van der Waals surface area contributed by atoms with Crippen LogP contribution in [0.5, 0.6) is 0 Å². The molecule has 1 fully saturated rings. The van der Waals surface area contributed by atoms with Crippen molar-refractivity contribution in [3.8, 4) is 11.5 Å². The van der Waals surface area contributed by atoms with E-state index in [1.807, 2.05) is 16.4 Å². The van der Waals surface area contributed by atoms with E-state index in [1.165, 1.54) is 6.07 Å². The van der Waals surface area contributed by atoms with Crippen LogP contribution >= 0.6 is 23.7 Å². The summed E-state index contributed by atoms with van der Waals surface area (Å²) in [6.07, 6.45) is -2.81. The smallest absolute Gasteiger partial charge is 0.314 e. The molecule has 32 heavy (non-hydrogen) atoms. The molecule has 0 saturated carbocycles. The summed E-state index contributed by atoms with van der Waals surface area (Å²) in [5, 5.41) is 7.10. The molecule has 1 aromatic heterocycles. The van der Waals surface area contributed by atoms with Gasteiger partial charge in [-0.2, -0.15) is 8.78 Å². The third-order valence-corrected chi connectivity index (χ3v) is 6.44. The lowest BCUT2D eigenvalue weighted by molar-refractivity contribution is 0.116. The summed E-state index contributed by atoms with van der Waals surface area (Å²) < 4.78 is 48.4. The number of benzene rings is 2. The fraction of sp³-hybridized carbons (Fsp3) is 0.333. The Bertz CT molecular complexity index is 1040. The van der Waals surface area contributed by atoms with Crippen LogP contribution in [0.3, 0.4) is 0 Å². The summed E-state index contributed by atoms with van der Waals surface area (Å²) in [4.78, 5) is 2.27. The van der Waals surface area contributed by atoms with E-state index in [2.05, 4.69) is 26.5 Å². The van der Waals surface area contributed by atoms with Gasteiger partial charge in [-0.15, -0.1) is 10.2 Å². The highest BCUT2D eigenvalue weighted by molar-refractivity contribution is 7.98. The second-order valence-corrected chi connectivity index (χ2v) is 8.92. The third kappa shape index (κ3) is 5.55. The molecule has 2 heterocycles. The number of aromatic nitrogens is 2. The first-order chi connectivity index (χ1) is 15.4. The van der Waals surface area contributed by atoms with Gasteiger partial charge >= 0.3 is 6.43 Å². The van der Waals surface area contributed by atoms with E-state index in [-0.39, 0.29) is 10.9 Å². The largest absolute Gasteiger partial charge is 0.415 e. The summed E-state index contributed by atoms with van der Waals surface area (Å²) in [6.45, 7) is 4.24. The van der Waals surface area contributed by atoms with Crippen LogP contribution < -0.4 is 4.31 Å². The van der Waals surface area contributed by atoms with Gasteiger partial charge in [0.15, 0.2) is 0 Å². The van der Waals surface area contributed by atoms with Crippen molar-refractivity contribution in [1.82, 2.24) is 19.4 Å². The average molecular weight is 484 g/mol. The Labute approximate surface area is 193 Å². The monoisotopic (exact) mass is 483 g/mol. The van der Waals surface area contributed by atoms with Gasteiger partial charge in [0.2, 0.25) is 5.89 Å². The number of halogens is 4. The summed E-state index contributed by atoms with van der Waals surface area (Å²) in [5.41, 5.74) is 2.29. The maximum absolute atomic E-state index is 13.7. The van der Waals surface area contributed by atoms with Crippen molar-refractivity contribution in [3.63, 3.8) is 0 Å². The molecule has 4 rings (SSSR count). The fourth-order valence-electron chi connectivity index (χ4n) is 3.17. The van der Waals surface area contributed by atoms with Gasteiger partial charge < -0.3 is 9.32 Å². The quantitative estimate of drug-likeness (QED) is 0.423. The summed E-state index contributed by atoms with van der Waals surface area (Å²) in [5.74, 6) is -1.13. The Morgan fingerprint density at radius 3 is 2.44 bits per heavy atom. The highest BCUT2D eigenvalue weighted by Gasteiger charge is 2.20. The number of nitrogens with zero attached hydrogens (tertiary/aromatic N) is 5. The Kier molecular flexibility index (Phi) is 7.24. The van der Waals surface area contributed by atoms with Crippen LogP contribution in [0.25, 0.3) is 11.5 Å². The third-order valence-electron chi connectivity index (χ3n) is 5.02. The highest BCUT2D eigenvalue weighted by Crippen LogP contribution is 2.32. The van der Waals surface area contributed by atoms with Crippen molar-refractivity contribution in [1.29, 1.82) is 0 Å². The first-order valence-electron chi connectivity index (χ1n) is 9.94. The molecule has 1 saturated heterocycles. The average Bonchev–Trinajstić information content (AvgIpc) is 3.28. The van der Waals surface area contributed by atoms with Gasteiger partial charge in [-0.25, -0.2) is 8.70 Å².